The third-order valence-corrected chi connectivity index (χ3v) is 6.97. The van der Waals surface area contributed by atoms with E-state index in [1.165, 1.54) is 35.2 Å². The maximum atomic E-state index is 13.0. The summed E-state index contributed by atoms with van der Waals surface area (Å²) in [5.41, 5.74) is 2.74. The monoisotopic (exact) mass is 449 g/mol. The van der Waals surface area contributed by atoms with E-state index in [-0.39, 0.29) is 22.9 Å². The number of thiazole rings is 1. The Balaban J connectivity index is 1.51. The van der Waals surface area contributed by atoms with Crippen LogP contribution in [0.1, 0.15) is 24.1 Å². The number of nitrogens with one attached hydrogen (secondary N) is 1. The molecule has 31 heavy (non-hydrogen) atoms. The molecule has 0 aliphatic rings. The lowest BCUT2D eigenvalue weighted by atomic mass is 9.98. The topological polar surface area (TPSA) is 85.1 Å². The molecule has 0 aliphatic heterocycles. The molecule has 0 fully saturated rings. The molecular formula is C23H19N3O3S2. The summed E-state index contributed by atoms with van der Waals surface area (Å²) in [6, 6.07) is 24.0. The summed E-state index contributed by atoms with van der Waals surface area (Å²) >= 11 is 2.70. The van der Waals surface area contributed by atoms with Gasteiger partial charge >= 0.3 is 0 Å². The van der Waals surface area contributed by atoms with Crippen LogP contribution in [0.25, 0.3) is 10.2 Å². The molecule has 8 heteroatoms. The zero-order valence-corrected chi connectivity index (χ0v) is 18.2. The van der Waals surface area contributed by atoms with Gasteiger partial charge in [-0.2, -0.15) is 0 Å². The highest BCUT2D eigenvalue weighted by Crippen LogP contribution is 2.34. The third kappa shape index (κ3) is 4.92. The molecule has 0 aliphatic carbocycles. The van der Waals surface area contributed by atoms with Gasteiger partial charge in [-0.05, 0) is 24.1 Å². The molecule has 3 aromatic carbocycles. The van der Waals surface area contributed by atoms with Crippen molar-refractivity contribution in [2.45, 2.75) is 22.6 Å². The van der Waals surface area contributed by atoms with Crippen molar-refractivity contribution in [2.24, 2.45) is 0 Å². The number of benzene rings is 3. The third-order valence-electron chi connectivity index (χ3n) is 4.76. The van der Waals surface area contributed by atoms with Gasteiger partial charge in [-0.1, -0.05) is 72.4 Å². The van der Waals surface area contributed by atoms with Gasteiger partial charge in [0.15, 0.2) is 4.34 Å². The molecular weight excluding hydrogens is 430 g/mol. The molecule has 0 unspecified atom stereocenters. The van der Waals surface area contributed by atoms with E-state index in [1.807, 2.05) is 67.6 Å². The smallest absolute Gasteiger partial charge is 0.270 e. The summed E-state index contributed by atoms with van der Waals surface area (Å²) in [6.07, 6.45) is 0. The number of aromatic nitrogens is 1. The predicted molar refractivity (Wildman–Crippen MR) is 124 cm³/mol. The molecule has 0 saturated heterocycles. The SMILES string of the molecule is C[C@H](Sc1nc2ccc([N+](=O)[O-])cc2s1)C(=O)NC(c1ccccc1)c1ccccc1. The Hall–Kier alpha value is -3.23. The van der Waals surface area contributed by atoms with Gasteiger partial charge in [0.1, 0.15) is 0 Å². The molecule has 0 saturated carbocycles. The largest absolute Gasteiger partial charge is 0.344 e. The van der Waals surface area contributed by atoms with Crippen molar-refractivity contribution in [1.82, 2.24) is 10.3 Å². The lowest BCUT2D eigenvalue weighted by Gasteiger charge is -2.21. The summed E-state index contributed by atoms with van der Waals surface area (Å²) < 4.78 is 1.44. The number of fused-ring (bicyclic) bond motifs is 1. The molecule has 0 radical (unpaired) electrons. The maximum absolute atomic E-state index is 13.0. The Labute approximate surface area is 187 Å². The summed E-state index contributed by atoms with van der Waals surface area (Å²) in [5, 5.41) is 13.8. The first-order chi connectivity index (χ1) is 15.0. The van der Waals surface area contributed by atoms with Gasteiger partial charge < -0.3 is 5.32 Å². The summed E-state index contributed by atoms with van der Waals surface area (Å²) in [7, 11) is 0. The number of hydrogen-bond donors (Lipinski definition) is 1. The first-order valence-electron chi connectivity index (χ1n) is 9.63. The van der Waals surface area contributed by atoms with Gasteiger partial charge in [-0.3, -0.25) is 14.9 Å². The highest BCUT2D eigenvalue weighted by atomic mass is 32.2. The molecule has 1 aromatic heterocycles. The summed E-state index contributed by atoms with van der Waals surface area (Å²) in [5.74, 6) is -0.104. The molecule has 6 nitrogen and oxygen atoms in total. The van der Waals surface area contributed by atoms with Gasteiger partial charge in [0.2, 0.25) is 5.91 Å². The second kappa shape index (κ2) is 9.28. The van der Waals surface area contributed by atoms with Crippen LogP contribution in [0.15, 0.2) is 83.2 Å². The quantitative estimate of drug-likeness (QED) is 0.226. The van der Waals surface area contributed by atoms with Crippen LogP contribution in [-0.4, -0.2) is 21.1 Å². The van der Waals surface area contributed by atoms with E-state index < -0.39 is 4.92 Å². The number of hydrogen-bond acceptors (Lipinski definition) is 6. The first-order valence-corrected chi connectivity index (χ1v) is 11.3. The average Bonchev–Trinajstić information content (AvgIpc) is 3.19. The fourth-order valence-corrected chi connectivity index (χ4v) is 5.42. The van der Waals surface area contributed by atoms with Crippen molar-refractivity contribution in [2.75, 3.05) is 0 Å². The molecule has 156 valence electrons. The highest BCUT2D eigenvalue weighted by Gasteiger charge is 2.22. The minimum atomic E-state index is -0.421. The Morgan fingerprint density at radius 1 is 1.03 bits per heavy atom. The van der Waals surface area contributed by atoms with Crippen molar-refractivity contribution < 1.29 is 9.72 Å². The van der Waals surface area contributed by atoms with Crippen molar-refractivity contribution in [3.63, 3.8) is 0 Å². The second-order valence-corrected chi connectivity index (χ2v) is 9.53. The van der Waals surface area contributed by atoms with E-state index in [4.69, 9.17) is 0 Å². The van der Waals surface area contributed by atoms with E-state index >= 15 is 0 Å². The van der Waals surface area contributed by atoms with Crippen molar-refractivity contribution in [3.8, 4) is 0 Å². The van der Waals surface area contributed by atoms with Crippen LogP contribution in [-0.2, 0) is 4.79 Å². The van der Waals surface area contributed by atoms with Gasteiger partial charge in [0.25, 0.3) is 5.69 Å². The van der Waals surface area contributed by atoms with Crippen LogP contribution in [0.2, 0.25) is 0 Å². The van der Waals surface area contributed by atoms with E-state index in [2.05, 4.69) is 10.3 Å². The van der Waals surface area contributed by atoms with E-state index in [0.717, 1.165) is 15.8 Å². The molecule has 1 atom stereocenters. The van der Waals surface area contributed by atoms with Crippen molar-refractivity contribution in [1.29, 1.82) is 0 Å². The van der Waals surface area contributed by atoms with E-state index in [9.17, 15) is 14.9 Å². The number of carbonyl (C=O) groups excluding carboxylic acids is 1. The Morgan fingerprint density at radius 3 is 2.23 bits per heavy atom. The lowest BCUT2D eigenvalue weighted by molar-refractivity contribution is -0.384. The number of nitrogens with zero attached hydrogens (tertiary/aromatic N) is 2. The Kier molecular flexibility index (Phi) is 6.29. The van der Waals surface area contributed by atoms with Gasteiger partial charge in [-0.25, -0.2) is 4.98 Å². The zero-order valence-electron chi connectivity index (χ0n) is 16.6. The minimum Gasteiger partial charge on any atom is -0.344 e. The number of carbonyl (C=O) groups is 1. The van der Waals surface area contributed by atoms with Crippen molar-refractivity contribution >= 4 is 44.9 Å². The molecule has 0 bridgehead atoms. The number of amides is 1. The molecule has 4 rings (SSSR count). The maximum Gasteiger partial charge on any atom is 0.270 e. The van der Waals surface area contributed by atoms with E-state index in [1.54, 1.807) is 6.07 Å². The number of nitro benzene ring substituents is 1. The molecule has 1 N–H and O–H groups in total. The molecule has 0 spiro atoms. The molecule has 1 heterocycles. The number of rotatable bonds is 7. The Morgan fingerprint density at radius 2 is 1.65 bits per heavy atom. The van der Waals surface area contributed by atoms with Crippen molar-refractivity contribution in [3.05, 3.63) is 100 Å². The van der Waals surface area contributed by atoms with Gasteiger partial charge in [0.05, 0.1) is 26.4 Å². The standard InChI is InChI=1S/C23H19N3O3S2/c1-15(30-23-24-19-13-12-18(26(28)29)14-20(19)31-23)22(27)25-21(16-8-4-2-5-9-16)17-10-6-3-7-11-17/h2-15,21H,1H3,(H,25,27)/t15-/m0/s1. The lowest BCUT2D eigenvalue weighted by Crippen LogP contribution is -2.34. The normalized spacial score (nSPS) is 12.1. The molecule has 1 amide bonds. The van der Waals surface area contributed by atoms with Gasteiger partial charge in [-0.15, -0.1) is 11.3 Å². The van der Waals surface area contributed by atoms with E-state index in [0.29, 0.717) is 9.86 Å². The van der Waals surface area contributed by atoms with Crippen LogP contribution in [0.5, 0.6) is 0 Å². The first kappa shape index (κ1) is 21.0. The second-order valence-electron chi connectivity index (χ2n) is 6.91. The number of nitro groups is 1. The Bertz CT molecular complexity index is 1170. The number of thioether (sulfide) groups is 1. The predicted octanol–water partition coefficient (Wildman–Crippen LogP) is 5.59. The fraction of sp³-hybridized carbons (Fsp3) is 0.130. The summed E-state index contributed by atoms with van der Waals surface area (Å²) in [4.78, 5) is 28.1. The van der Waals surface area contributed by atoms with Crippen LogP contribution >= 0.6 is 23.1 Å². The average molecular weight is 450 g/mol. The van der Waals surface area contributed by atoms with Crippen LogP contribution in [0.4, 0.5) is 5.69 Å². The minimum absolute atomic E-state index is 0.0343. The van der Waals surface area contributed by atoms with Crippen LogP contribution < -0.4 is 5.32 Å². The molecule has 4 aromatic rings. The summed E-state index contributed by atoms with van der Waals surface area (Å²) in [6.45, 7) is 1.83. The number of non-ortho nitro benzene ring substituents is 1. The zero-order chi connectivity index (χ0) is 21.8. The fourth-order valence-electron chi connectivity index (χ4n) is 3.17. The van der Waals surface area contributed by atoms with Crippen LogP contribution in [0.3, 0.4) is 0 Å². The highest BCUT2D eigenvalue weighted by molar-refractivity contribution is 8.02. The van der Waals surface area contributed by atoms with Gasteiger partial charge in [0, 0.05) is 12.1 Å². The van der Waals surface area contributed by atoms with Crippen LogP contribution in [0, 0.1) is 10.1 Å².